The lowest BCUT2D eigenvalue weighted by Crippen LogP contribution is -2.21. The highest BCUT2D eigenvalue weighted by atomic mass is 16.2. The number of benzene rings is 1. The van der Waals surface area contributed by atoms with E-state index in [1.54, 1.807) is 19.0 Å². The van der Waals surface area contributed by atoms with E-state index in [0.29, 0.717) is 0 Å². The summed E-state index contributed by atoms with van der Waals surface area (Å²) >= 11 is 0. The summed E-state index contributed by atoms with van der Waals surface area (Å²) < 4.78 is 0. The average molecular weight is 206 g/mol. The first-order valence-electron chi connectivity index (χ1n) is 5.12. The quantitative estimate of drug-likeness (QED) is 0.821. The molecule has 0 aliphatic heterocycles. The second kappa shape index (κ2) is 4.82. The van der Waals surface area contributed by atoms with Crippen molar-refractivity contribution in [3.63, 3.8) is 0 Å². The first kappa shape index (κ1) is 11.6. The molecule has 1 aromatic rings. The number of aryl methyl sites for hydroxylation is 1. The Morgan fingerprint density at radius 2 is 2.07 bits per heavy atom. The maximum atomic E-state index is 11.7. The molecule has 0 aliphatic carbocycles. The van der Waals surface area contributed by atoms with Crippen LogP contribution in [0.2, 0.25) is 0 Å². The molecule has 0 aromatic heterocycles. The second-order valence-electron chi connectivity index (χ2n) is 3.76. The molecule has 15 heavy (non-hydrogen) atoms. The van der Waals surface area contributed by atoms with Crippen LogP contribution in [0.5, 0.6) is 0 Å². The number of hydrogen-bond acceptors (Lipinski definition) is 2. The normalized spacial score (nSPS) is 9.87. The fraction of sp³-hybridized carbons (Fsp3) is 0.417. The highest BCUT2D eigenvalue weighted by molar-refractivity contribution is 5.94. The highest BCUT2D eigenvalue weighted by Gasteiger charge is 2.08. The van der Waals surface area contributed by atoms with Gasteiger partial charge in [0, 0.05) is 31.9 Å². The van der Waals surface area contributed by atoms with E-state index < -0.39 is 0 Å². The molecule has 0 atom stereocenters. The molecule has 1 aromatic carbocycles. The van der Waals surface area contributed by atoms with Crippen LogP contribution in [-0.2, 0) is 0 Å². The zero-order valence-corrected chi connectivity index (χ0v) is 9.79. The number of nitrogens with zero attached hydrogens (tertiary/aromatic N) is 1. The minimum Gasteiger partial charge on any atom is -0.385 e. The molecule has 0 saturated carbocycles. The molecule has 3 nitrogen and oxygen atoms in total. The Morgan fingerprint density at radius 3 is 2.53 bits per heavy atom. The smallest absolute Gasteiger partial charge is 0.253 e. The first-order chi connectivity index (χ1) is 7.06. The van der Waals surface area contributed by atoms with E-state index in [1.165, 1.54) is 0 Å². The lowest BCUT2D eigenvalue weighted by molar-refractivity contribution is 0.0827. The van der Waals surface area contributed by atoms with Gasteiger partial charge >= 0.3 is 0 Å². The van der Waals surface area contributed by atoms with Gasteiger partial charge in [0.1, 0.15) is 0 Å². The topological polar surface area (TPSA) is 32.3 Å². The minimum absolute atomic E-state index is 0.0427. The van der Waals surface area contributed by atoms with Gasteiger partial charge in [-0.05, 0) is 37.6 Å². The van der Waals surface area contributed by atoms with Gasteiger partial charge in [0.15, 0.2) is 0 Å². The summed E-state index contributed by atoms with van der Waals surface area (Å²) in [5.41, 5.74) is 2.93. The molecule has 3 heteroatoms. The van der Waals surface area contributed by atoms with Crippen molar-refractivity contribution < 1.29 is 4.79 Å². The molecule has 1 N–H and O–H groups in total. The van der Waals surface area contributed by atoms with Gasteiger partial charge in [0.25, 0.3) is 5.91 Å². The summed E-state index contributed by atoms with van der Waals surface area (Å²) in [5, 5.41) is 3.25. The van der Waals surface area contributed by atoms with Crippen molar-refractivity contribution in [2.24, 2.45) is 0 Å². The molecule has 0 saturated heterocycles. The average Bonchev–Trinajstić information content (AvgIpc) is 2.20. The van der Waals surface area contributed by atoms with Crippen LogP contribution in [0.15, 0.2) is 18.2 Å². The standard InChI is InChI=1S/C12H18N2O/c1-5-13-11-7-6-10(8-9(11)2)12(15)14(3)4/h6-8,13H,5H2,1-4H3. The van der Waals surface area contributed by atoms with Crippen LogP contribution in [0.1, 0.15) is 22.8 Å². The Hall–Kier alpha value is -1.51. The van der Waals surface area contributed by atoms with E-state index in [9.17, 15) is 4.79 Å². The highest BCUT2D eigenvalue weighted by Crippen LogP contribution is 2.16. The third kappa shape index (κ3) is 2.72. The molecule has 0 aliphatic rings. The molecular formula is C12H18N2O. The predicted molar refractivity (Wildman–Crippen MR) is 63.4 cm³/mol. The fourth-order valence-corrected chi connectivity index (χ4v) is 1.44. The first-order valence-corrected chi connectivity index (χ1v) is 5.12. The van der Waals surface area contributed by atoms with Crippen LogP contribution in [0.25, 0.3) is 0 Å². The molecule has 0 unspecified atom stereocenters. The van der Waals surface area contributed by atoms with Gasteiger partial charge in [-0.3, -0.25) is 4.79 Å². The molecule has 0 spiro atoms. The Bertz CT molecular complexity index is 359. The summed E-state index contributed by atoms with van der Waals surface area (Å²) in [7, 11) is 3.52. The van der Waals surface area contributed by atoms with Crippen LogP contribution in [0.3, 0.4) is 0 Å². The monoisotopic (exact) mass is 206 g/mol. The van der Waals surface area contributed by atoms with E-state index in [1.807, 2.05) is 25.1 Å². The van der Waals surface area contributed by atoms with Crippen molar-refractivity contribution in [3.05, 3.63) is 29.3 Å². The largest absolute Gasteiger partial charge is 0.385 e. The van der Waals surface area contributed by atoms with E-state index in [0.717, 1.165) is 23.4 Å². The van der Waals surface area contributed by atoms with Crippen molar-refractivity contribution in [2.45, 2.75) is 13.8 Å². The summed E-state index contributed by atoms with van der Waals surface area (Å²) in [4.78, 5) is 13.3. The number of rotatable bonds is 3. The maximum absolute atomic E-state index is 11.7. The molecule has 1 amide bonds. The zero-order chi connectivity index (χ0) is 11.4. The van der Waals surface area contributed by atoms with Crippen LogP contribution in [0.4, 0.5) is 5.69 Å². The summed E-state index contributed by atoms with van der Waals surface area (Å²) in [6.07, 6.45) is 0. The van der Waals surface area contributed by atoms with Crippen molar-refractivity contribution in [3.8, 4) is 0 Å². The Kier molecular flexibility index (Phi) is 3.72. The van der Waals surface area contributed by atoms with Gasteiger partial charge in [-0.2, -0.15) is 0 Å². The number of carbonyl (C=O) groups excluding carboxylic acids is 1. The van der Waals surface area contributed by atoms with Gasteiger partial charge in [-0.25, -0.2) is 0 Å². The predicted octanol–water partition coefficient (Wildman–Crippen LogP) is 2.13. The van der Waals surface area contributed by atoms with Gasteiger partial charge in [-0.1, -0.05) is 0 Å². The van der Waals surface area contributed by atoms with Crippen molar-refractivity contribution in [1.29, 1.82) is 0 Å². The van der Waals surface area contributed by atoms with Gasteiger partial charge in [0.05, 0.1) is 0 Å². The Balaban J connectivity index is 2.96. The number of hydrogen-bond donors (Lipinski definition) is 1. The van der Waals surface area contributed by atoms with Crippen molar-refractivity contribution in [2.75, 3.05) is 26.0 Å². The lowest BCUT2D eigenvalue weighted by Gasteiger charge is -2.13. The van der Waals surface area contributed by atoms with Gasteiger partial charge in [0.2, 0.25) is 0 Å². The molecule has 1 rings (SSSR count). The number of nitrogens with one attached hydrogen (secondary N) is 1. The van der Waals surface area contributed by atoms with Gasteiger partial charge in [-0.15, -0.1) is 0 Å². The zero-order valence-electron chi connectivity index (χ0n) is 9.79. The SMILES string of the molecule is CCNc1ccc(C(=O)N(C)C)cc1C. The Labute approximate surface area is 91.1 Å². The third-order valence-corrected chi connectivity index (χ3v) is 2.25. The number of carbonyl (C=O) groups is 1. The Morgan fingerprint density at radius 1 is 1.40 bits per heavy atom. The molecule has 82 valence electrons. The molecule has 0 fully saturated rings. The van der Waals surface area contributed by atoms with Crippen molar-refractivity contribution >= 4 is 11.6 Å². The van der Waals surface area contributed by atoms with E-state index in [2.05, 4.69) is 12.2 Å². The summed E-state index contributed by atoms with van der Waals surface area (Å²) in [5.74, 6) is 0.0427. The van der Waals surface area contributed by atoms with Crippen LogP contribution in [-0.4, -0.2) is 31.4 Å². The summed E-state index contributed by atoms with van der Waals surface area (Å²) in [6.45, 7) is 4.95. The number of amides is 1. The molecular weight excluding hydrogens is 188 g/mol. The van der Waals surface area contributed by atoms with Crippen LogP contribution >= 0.6 is 0 Å². The minimum atomic E-state index is 0.0427. The van der Waals surface area contributed by atoms with Gasteiger partial charge < -0.3 is 10.2 Å². The molecule has 0 bridgehead atoms. The van der Waals surface area contributed by atoms with Crippen LogP contribution < -0.4 is 5.32 Å². The number of anilines is 1. The molecule has 0 radical (unpaired) electrons. The van der Waals surface area contributed by atoms with E-state index >= 15 is 0 Å². The third-order valence-electron chi connectivity index (χ3n) is 2.25. The van der Waals surface area contributed by atoms with E-state index in [-0.39, 0.29) is 5.91 Å². The molecule has 0 heterocycles. The second-order valence-corrected chi connectivity index (χ2v) is 3.76. The maximum Gasteiger partial charge on any atom is 0.253 e. The van der Waals surface area contributed by atoms with E-state index in [4.69, 9.17) is 0 Å². The van der Waals surface area contributed by atoms with Crippen molar-refractivity contribution in [1.82, 2.24) is 4.90 Å². The van der Waals surface area contributed by atoms with Crippen LogP contribution in [0, 0.1) is 6.92 Å². The summed E-state index contributed by atoms with van der Waals surface area (Å²) in [6, 6.07) is 5.73. The lowest BCUT2D eigenvalue weighted by atomic mass is 10.1. The fourth-order valence-electron chi connectivity index (χ4n) is 1.44.